The van der Waals surface area contributed by atoms with Crippen LogP contribution in [0.15, 0.2) is 88.3 Å². The van der Waals surface area contributed by atoms with Gasteiger partial charge in [-0.15, -0.1) is 11.3 Å². The van der Waals surface area contributed by atoms with Gasteiger partial charge in [-0.25, -0.2) is 13.4 Å². The molecule has 0 amide bonds. The number of hydrogen-bond acceptors (Lipinski definition) is 5. The molecular formula is C27H28N4O2S2. The Kier molecular flexibility index (Phi) is 6.95. The Balaban J connectivity index is 1.52. The lowest BCUT2D eigenvalue weighted by Crippen LogP contribution is -2.35. The van der Waals surface area contributed by atoms with Crippen LogP contribution < -0.4 is 4.80 Å². The number of rotatable bonds is 6. The fourth-order valence-corrected chi connectivity index (χ4v) is 6.70. The average Bonchev–Trinajstić information content (AvgIpc) is 3.28. The molecule has 5 rings (SSSR count). The fraction of sp³-hybridized carbons (Fsp3) is 0.259. The van der Waals surface area contributed by atoms with Crippen molar-refractivity contribution < 1.29 is 8.42 Å². The van der Waals surface area contributed by atoms with E-state index in [4.69, 9.17) is 4.99 Å². The van der Waals surface area contributed by atoms with Gasteiger partial charge in [-0.2, -0.15) is 4.31 Å². The van der Waals surface area contributed by atoms with Crippen molar-refractivity contribution in [1.82, 2.24) is 13.9 Å². The molecule has 4 aromatic rings. The maximum absolute atomic E-state index is 13.1. The van der Waals surface area contributed by atoms with Gasteiger partial charge in [-0.3, -0.25) is 4.98 Å². The number of benzene rings is 2. The van der Waals surface area contributed by atoms with E-state index in [0.29, 0.717) is 24.5 Å². The fourth-order valence-electron chi connectivity index (χ4n) is 4.26. The summed E-state index contributed by atoms with van der Waals surface area (Å²) >= 11 is 1.57. The van der Waals surface area contributed by atoms with Crippen molar-refractivity contribution >= 4 is 27.0 Å². The molecule has 3 heterocycles. The van der Waals surface area contributed by atoms with Crippen LogP contribution in [0.1, 0.15) is 30.4 Å². The highest BCUT2D eigenvalue weighted by Crippen LogP contribution is 2.26. The molecule has 1 saturated heterocycles. The van der Waals surface area contributed by atoms with Gasteiger partial charge in [0.15, 0.2) is 4.80 Å². The lowest BCUT2D eigenvalue weighted by Gasteiger charge is -2.25. The Morgan fingerprint density at radius 1 is 0.971 bits per heavy atom. The number of aryl methyl sites for hydroxylation is 1. The van der Waals surface area contributed by atoms with Crippen molar-refractivity contribution in [3.05, 3.63) is 94.4 Å². The number of pyridine rings is 1. The third-order valence-corrected chi connectivity index (χ3v) is 9.00. The second-order valence-corrected chi connectivity index (χ2v) is 11.6. The Morgan fingerprint density at radius 2 is 1.71 bits per heavy atom. The zero-order valence-corrected chi connectivity index (χ0v) is 21.3. The Morgan fingerprint density at radius 3 is 2.40 bits per heavy atom. The van der Waals surface area contributed by atoms with Crippen LogP contribution in [-0.4, -0.2) is 35.4 Å². The Hall–Kier alpha value is -3.07. The highest BCUT2D eigenvalue weighted by atomic mass is 32.2. The number of sulfonamides is 1. The predicted molar refractivity (Wildman–Crippen MR) is 140 cm³/mol. The third-order valence-electron chi connectivity index (χ3n) is 6.22. The zero-order valence-electron chi connectivity index (χ0n) is 19.7. The smallest absolute Gasteiger partial charge is 0.243 e. The molecule has 0 unspecified atom stereocenters. The van der Waals surface area contributed by atoms with Crippen LogP contribution in [0.3, 0.4) is 0 Å². The van der Waals surface area contributed by atoms with Crippen molar-refractivity contribution in [3.8, 4) is 11.3 Å². The summed E-state index contributed by atoms with van der Waals surface area (Å²) in [5.74, 6) is 0. The summed E-state index contributed by atoms with van der Waals surface area (Å²) in [5, 5.41) is 2.08. The van der Waals surface area contributed by atoms with Crippen LogP contribution in [0, 0.1) is 6.92 Å². The van der Waals surface area contributed by atoms with Gasteiger partial charge in [-0.1, -0.05) is 42.3 Å². The molecule has 0 N–H and O–H groups in total. The molecule has 0 saturated carbocycles. The van der Waals surface area contributed by atoms with Crippen molar-refractivity contribution in [2.75, 3.05) is 13.1 Å². The molecular weight excluding hydrogens is 476 g/mol. The van der Waals surface area contributed by atoms with E-state index >= 15 is 0 Å². The van der Waals surface area contributed by atoms with E-state index in [-0.39, 0.29) is 0 Å². The summed E-state index contributed by atoms with van der Waals surface area (Å²) in [7, 11) is -3.46. The van der Waals surface area contributed by atoms with Crippen LogP contribution in [-0.2, 0) is 16.6 Å². The van der Waals surface area contributed by atoms with E-state index in [2.05, 4.69) is 34.0 Å². The quantitative estimate of drug-likeness (QED) is 0.354. The van der Waals surface area contributed by atoms with Crippen LogP contribution in [0.2, 0.25) is 0 Å². The molecule has 0 aliphatic carbocycles. The summed E-state index contributed by atoms with van der Waals surface area (Å²) in [6.45, 7) is 3.88. The topological polar surface area (TPSA) is 67.6 Å². The van der Waals surface area contributed by atoms with Gasteiger partial charge in [0.1, 0.15) is 0 Å². The molecule has 1 fully saturated rings. The normalized spacial score (nSPS) is 15.4. The lowest BCUT2D eigenvalue weighted by molar-refractivity contribution is 0.346. The minimum Gasteiger partial charge on any atom is -0.312 e. The van der Waals surface area contributed by atoms with Crippen molar-refractivity contribution in [2.24, 2.45) is 4.99 Å². The summed E-state index contributed by atoms with van der Waals surface area (Å²) in [6.07, 6.45) is 6.57. The van der Waals surface area contributed by atoms with E-state index in [9.17, 15) is 8.42 Å². The standard InChI is InChI=1S/C27H28N4O2S2/c1-21-7-11-24(12-8-21)29-27-31(19-22-6-5-15-28-18-22)26(20-34-27)23-9-13-25(14-10-23)35(32,33)30-16-3-2-4-17-30/h5-15,18,20H,2-4,16-17,19H2,1H3. The van der Waals surface area contributed by atoms with Gasteiger partial charge in [0, 0.05) is 30.9 Å². The van der Waals surface area contributed by atoms with E-state index < -0.39 is 10.0 Å². The minimum atomic E-state index is -3.46. The van der Waals surface area contributed by atoms with Gasteiger partial charge in [-0.05, 0) is 61.2 Å². The van der Waals surface area contributed by atoms with Crippen LogP contribution in [0.5, 0.6) is 0 Å². The largest absolute Gasteiger partial charge is 0.312 e. The molecule has 1 aliphatic heterocycles. The minimum absolute atomic E-state index is 0.349. The summed E-state index contributed by atoms with van der Waals surface area (Å²) in [6, 6.07) is 19.4. The van der Waals surface area contributed by atoms with E-state index in [1.165, 1.54) is 5.56 Å². The van der Waals surface area contributed by atoms with Crippen LogP contribution >= 0.6 is 11.3 Å². The second-order valence-electron chi connectivity index (χ2n) is 8.79. The molecule has 0 bridgehead atoms. The number of nitrogens with zero attached hydrogens (tertiary/aromatic N) is 4. The molecule has 2 aromatic carbocycles. The molecule has 8 heteroatoms. The molecule has 180 valence electrons. The number of thiazole rings is 1. The summed E-state index contributed by atoms with van der Waals surface area (Å²) < 4.78 is 29.9. The summed E-state index contributed by atoms with van der Waals surface area (Å²) in [5.41, 5.74) is 5.10. The Bertz CT molecular complexity index is 1450. The van der Waals surface area contributed by atoms with Gasteiger partial charge in [0.05, 0.1) is 22.8 Å². The SMILES string of the molecule is Cc1ccc(N=c2scc(-c3ccc(S(=O)(=O)N4CCCCC4)cc3)n2Cc2cccnc2)cc1. The zero-order chi connectivity index (χ0) is 24.3. The third kappa shape index (κ3) is 5.29. The highest BCUT2D eigenvalue weighted by molar-refractivity contribution is 7.89. The maximum Gasteiger partial charge on any atom is 0.243 e. The van der Waals surface area contributed by atoms with Gasteiger partial charge in [0.25, 0.3) is 0 Å². The first-order valence-electron chi connectivity index (χ1n) is 11.8. The average molecular weight is 505 g/mol. The molecule has 6 nitrogen and oxygen atoms in total. The molecule has 1 aliphatic rings. The highest BCUT2D eigenvalue weighted by Gasteiger charge is 2.25. The van der Waals surface area contributed by atoms with Crippen molar-refractivity contribution in [1.29, 1.82) is 0 Å². The lowest BCUT2D eigenvalue weighted by atomic mass is 10.1. The maximum atomic E-state index is 13.1. The number of hydrogen-bond donors (Lipinski definition) is 0. The molecule has 0 atom stereocenters. The first kappa shape index (κ1) is 23.7. The molecule has 2 aromatic heterocycles. The number of aromatic nitrogens is 2. The van der Waals surface area contributed by atoms with Crippen molar-refractivity contribution in [3.63, 3.8) is 0 Å². The predicted octanol–water partition coefficient (Wildman–Crippen LogP) is 5.38. The molecule has 35 heavy (non-hydrogen) atoms. The van der Waals surface area contributed by atoms with E-state index in [1.807, 2.05) is 42.6 Å². The first-order chi connectivity index (χ1) is 17.0. The number of piperidine rings is 1. The van der Waals surface area contributed by atoms with Gasteiger partial charge in [0.2, 0.25) is 10.0 Å². The second kappa shape index (κ2) is 10.3. The van der Waals surface area contributed by atoms with E-state index in [1.54, 1.807) is 34.0 Å². The summed E-state index contributed by atoms with van der Waals surface area (Å²) in [4.78, 5) is 10.4. The van der Waals surface area contributed by atoms with Gasteiger partial charge >= 0.3 is 0 Å². The van der Waals surface area contributed by atoms with Gasteiger partial charge < -0.3 is 4.57 Å². The van der Waals surface area contributed by atoms with Crippen LogP contribution in [0.25, 0.3) is 11.3 Å². The van der Waals surface area contributed by atoms with E-state index in [0.717, 1.165) is 46.6 Å². The molecule has 0 spiro atoms. The Labute approximate surface area is 210 Å². The first-order valence-corrected chi connectivity index (χ1v) is 14.1. The monoisotopic (exact) mass is 504 g/mol. The van der Waals surface area contributed by atoms with Crippen molar-refractivity contribution in [2.45, 2.75) is 37.6 Å². The molecule has 0 radical (unpaired) electrons. The van der Waals surface area contributed by atoms with Crippen LogP contribution in [0.4, 0.5) is 5.69 Å².